The van der Waals surface area contributed by atoms with Crippen LogP contribution in [0, 0.1) is 11.3 Å². The number of rotatable bonds is 8. The van der Waals surface area contributed by atoms with Crippen LogP contribution >= 0.6 is 0 Å². The van der Waals surface area contributed by atoms with Gasteiger partial charge in [-0.15, -0.1) is 0 Å². The third-order valence-corrected chi connectivity index (χ3v) is 6.48. The van der Waals surface area contributed by atoms with Crippen LogP contribution in [0.5, 0.6) is 0 Å². The summed E-state index contributed by atoms with van der Waals surface area (Å²) in [5.41, 5.74) is 2.99. The molecule has 0 bridgehead atoms. The van der Waals surface area contributed by atoms with Gasteiger partial charge >= 0.3 is 11.8 Å². The maximum absolute atomic E-state index is 13.6. The molecule has 0 atom stereocenters. The molecule has 0 saturated carbocycles. The molecule has 1 amide bonds. The zero-order valence-electron chi connectivity index (χ0n) is 20.8. The summed E-state index contributed by atoms with van der Waals surface area (Å²) in [6, 6.07) is 22.6. The van der Waals surface area contributed by atoms with Crippen molar-refractivity contribution in [2.45, 2.75) is 25.9 Å². The normalized spacial score (nSPS) is 10.8. The standard InChI is InChI=1S/C29H24N6O4/c30-16-20-7-9-21(10-8-20)18-33-19-31-17-24(33)4-3-15-34-26-6-2-1-5-25(26)27(36)35(29(34)39)23-13-11-22(12-14-23)32-28(37)38/h1-2,5-14,17,19,32H,3-4,15,18H2,(H,37,38). The second-order valence-corrected chi connectivity index (χ2v) is 8.99. The van der Waals surface area contributed by atoms with Crippen LogP contribution in [0.2, 0.25) is 0 Å². The van der Waals surface area contributed by atoms with E-state index in [-0.39, 0.29) is 0 Å². The SMILES string of the molecule is N#Cc1ccc(Cn2cncc2CCCn2c(=O)n(-c3ccc(NC(=O)O)cc3)c(=O)c3ccccc32)cc1. The van der Waals surface area contributed by atoms with Crippen molar-refractivity contribution in [1.82, 2.24) is 18.7 Å². The molecule has 10 nitrogen and oxygen atoms in total. The van der Waals surface area contributed by atoms with Crippen LogP contribution in [-0.2, 0) is 19.5 Å². The van der Waals surface area contributed by atoms with Gasteiger partial charge in [-0.3, -0.25) is 14.7 Å². The molecule has 194 valence electrons. The summed E-state index contributed by atoms with van der Waals surface area (Å²) in [5.74, 6) is 0. The smallest absolute Gasteiger partial charge is 0.409 e. The minimum atomic E-state index is -1.20. The average Bonchev–Trinajstić information content (AvgIpc) is 3.38. The number of hydrogen-bond acceptors (Lipinski definition) is 5. The molecule has 0 spiro atoms. The highest BCUT2D eigenvalue weighted by Crippen LogP contribution is 2.15. The lowest BCUT2D eigenvalue weighted by Gasteiger charge is -2.15. The van der Waals surface area contributed by atoms with E-state index in [1.807, 2.05) is 16.7 Å². The van der Waals surface area contributed by atoms with Crippen molar-refractivity contribution < 1.29 is 9.90 Å². The van der Waals surface area contributed by atoms with Crippen molar-refractivity contribution in [1.29, 1.82) is 5.26 Å². The van der Waals surface area contributed by atoms with Crippen molar-refractivity contribution in [3.05, 3.63) is 123 Å². The quantitative estimate of drug-likeness (QED) is 0.318. The molecule has 0 aliphatic carbocycles. The monoisotopic (exact) mass is 520 g/mol. The molecule has 2 heterocycles. The fourth-order valence-electron chi connectivity index (χ4n) is 4.58. The Hall–Kier alpha value is -5.43. The van der Waals surface area contributed by atoms with Crippen LogP contribution in [0.1, 0.15) is 23.2 Å². The van der Waals surface area contributed by atoms with Crippen LogP contribution in [0.25, 0.3) is 16.6 Å². The number of amides is 1. The fraction of sp³-hybridized carbons (Fsp3) is 0.138. The van der Waals surface area contributed by atoms with E-state index < -0.39 is 17.3 Å². The van der Waals surface area contributed by atoms with Gasteiger partial charge in [0.2, 0.25) is 0 Å². The van der Waals surface area contributed by atoms with Gasteiger partial charge in [-0.2, -0.15) is 5.26 Å². The Labute approximate surface area is 222 Å². The van der Waals surface area contributed by atoms with Gasteiger partial charge in [0.05, 0.1) is 34.6 Å². The summed E-state index contributed by atoms with van der Waals surface area (Å²) < 4.78 is 4.75. The number of nitrogens with one attached hydrogen (secondary N) is 1. The molecule has 10 heteroatoms. The minimum Gasteiger partial charge on any atom is -0.465 e. The molecule has 0 fully saturated rings. The highest BCUT2D eigenvalue weighted by molar-refractivity contribution is 5.83. The first-order chi connectivity index (χ1) is 18.9. The van der Waals surface area contributed by atoms with Crippen LogP contribution in [0.15, 0.2) is 94.9 Å². The number of carboxylic acid groups (broad SMARTS) is 1. The van der Waals surface area contributed by atoms with Gasteiger partial charge in [0, 0.05) is 30.7 Å². The number of anilines is 1. The number of aryl methyl sites for hydroxylation is 2. The van der Waals surface area contributed by atoms with Crippen LogP contribution < -0.4 is 16.6 Å². The van der Waals surface area contributed by atoms with Crippen LogP contribution in [0.3, 0.4) is 0 Å². The van der Waals surface area contributed by atoms with Gasteiger partial charge < -0.3 is 9.67 Å². The summed E-state index contributed by atoms with van der Waals surface area (Å²) in [5, 5.41) is 20.6. The third-order valence-electron chi connectivity index (χ3n) is 6.48. The van der Waals surface area contributed by atoms with E-state index >= 15 is 0 Å². The van der Waals surface area contributed by atoms with Crippen molar-refractivity contribution in [2.75, 3.05) is 5.32 Å². The van der Waals surface area contributed by atoms with E-state index in [4.69, 9.17) is 10.4 Å². The fourth-order valence-corrected chi connectivity index (χ4v) is 4.58. The van der Waals surface area contributed by atoms with E-state index in [0.29, 0.717) is 53.8 Å². The minimum absolute atomic E-state index is 0.332. The third kappa shape index (κ3) is 5.33. The van der Waals surface area contributed by atoms with Crippen LogP contribution in [0.4, 0.5) is 10.5 Å². The number of para-hydroxylation sites is 1. The molecule has 0 radical (unpaired) electrons. The Kier molecular flexibility index (Phi) is 7.05. The number of carbonyl (C=O) groups is 1. The topological polar surface area (TPSA) is 135 Å². The molecule has 2 aromatic heterocycles. The van der Waals surface area contributed by atoms with E-state index in [2.05, 4.69) is 16.4 Å². The van der Waals surface area contributed by atoms with Crippen molar-refractivity contribution in [2.24, 2.45) is 0 Å². The zero-order chi connectivity index (χ0) is 27.4. The maximum atomic E-state index is 13.6. The first kappa shape index (κ1) is 25.2. The summed E-state index contributed by atoms with van der Waals surface area (Å²) in [7, 11) is 0. The average molecular weight is 521 g/mol. The Morgan fingerprint density at radius 2 is 1.74 bits per heavy atom. The van der Waals surface area contributed by atoms with E-state index in [1.54, 1.807) is 53.5 Å². The lowest BCUT2D eigenvalue weighted by atomic mass is 10.1. The molecule has 3 aromatic carbocycles. The van der Waals surface area contributed by atoms with Crippen LogP contribution in [-0.4, -0.2) is 29.9 Å². The number of nitrogens with zero attached hydrogens (tertiary/aromatic N) is 5. The Morgan fingerprint density at radius 3 is 2.46 bits per heavy atom. The van der Waals surface area contributed by atoms with E-state index in [9.17, 15) is 14.4 Å². The lowest BCUT2D eigenvalue weighted by molar-refractivity contribution is 0.209. The van der Waals surface area contributed by atoms with Gasteiger partial charge in [-0.05, 0) is 66.9 Å². The predicted octanol–water partition coefficient (Wildman–Crippen LogP) is 3.99. The first-order valence-electron chi connectivity index (χ1n) is 12.3. The molecule has 0 saturated heterocycles. The molecule has 0 unspecified atom stereocenters. The Morgan fingerprint density at radius 1 is 1.00 bits per heavy atom. The predicted molar refractivity (Wildman–Crippen MR) is 146 cm³/mol. The molecule has 5 rings (SSSR count). The molecule has 0 aliphatic rings. The van der Waals surface area contributed by atoms with Gasteiger partial charge in [-0.25, -0.2) is 19.1 Å². The number of hydrogen-bond donors (Lipinski definition) is 2. The van der Waals surface area contributed by atoms with Crippen molar-refractivity contribution in [3.8, 4) is 11.8 Å². The number of nitriles is 1. The van der Waals surface area contributed by atoms with E-state index in [1.165, 1.54) is 24.3 Å². The summed E-state index contributed by atoms with van der Waals surface area (Å²) in [6.45, 7) is 0.988. The summed E-state index contributed by atoms with van der Waals surface area (Å²) >= 11 is 0. The molecular formula is C29H24N6O4. The van der Waals surface area contributed by atoms with Gasteiger partial charge in [-0.1, -0.05) is 24.3 Å². The summed E-state index contributed by atoms with van der Waals surface area (Å²) in [4.78, 5) is 42.1. The second kappa shape index (κ2) is 10.9. The van der Waals surface area contributed by atoms with Crippen molar-refractivity contribution >= 4 is 22.7 Å². The lowest BCUT2D eigenvalue weighted by Crippen LogP contribution is -2.39. The highest BCUT2D eigenvalue weighted by atomic mass is 16.4. The molecule has 39 heavy (non-hydrogen) atoms. The highest BCUT2D eigenvalue weighted by Gasteiger charge is 2.15. The van der Waals surface area contributed by atoms with Crippen molar-refractivity contribution in [3.63, 3.8) is 0 Å². The summed E-state index contributed by atoms with van der Waals surface area (Å²) in [6.07, 6.45) is 3.65. The number of fused-ring (bicyclic) bond motifs is 1. The molecule has 0 aliphatic heterocycles. The van der Waals surface area contributed by atoms with E-state index in [0.717, 1.165) is 15.8 Å². The molecule has 5 aromatic rings. The van der Waals surface area contributed by atoms with Gasteiger partial charge in [0.15, 0.2) is 0 Å². The second-order valence-electron chi connectivity index (χ2n) is 8.99. The molecular weight excluding hydrogens is 496 g/mol. The number of imidazole rings is 1. The maximum Gasteiger partial charge on any atom is 0.409 e. The number of aromatic nitrogens is 4. The largest absolute Gasteiger partial charge is 0.465 e. The number of benzene rings is 3. The van der Waals surface area contributed by atoms with Gasteiger partial charge in [0.25, 0.3) is 5.56 Å². The Bertz CT molecular complexity index is 1810. The molecule has 2 N–H and O–H groups in total. The zero-order valence-corrected chi connectivity index (χ0v) is 20.8. The van der Waals surface area contributed by atoms with Gasteiger partial charge in [0.1, 0.15) is 0 Å². The Balaban J connectivity index is 1.41. The first-order valence-corrected chi connectivity index (χ1v) is 12.3.